The first-order valence-corrected chi connectivity index (χ1v) is 5.89. The molecule has 3 aromatic rings. The van der Waals surface area contributed by atoms with E-state index in [2.05, 4.69) is 0 Å². The second-order valence-corrected chi connectivity index (χ2v) is 4.52. The number of benzene rings is 3. The van der Waals surface area contributed by atoms with E-state index in [9.17, 15) is 9.90 Å². The number of carbonyl (C=O) groups is 1. The van der Waals surface area contributed by atoms with Gasteiger partial charge in [-0.15, -0.1) is 0 Å². The monoisotopic (exact) mass is 256 g/mol. The van der Waals surface area contributed by atoms with Crippen molar-refractivity contribution in [1.82, 2.24) is 0 Å². The highest BCUT2D eigenvalue weighted by atomic mass is 35.5. The van der Waals surface area contributed by atoms with Crippen molar-refractivity contribution in [3.63, 3.8) is 0 Å². The Bertz CT molecular complexity index is 778. The van der Waals surface area contributed by atoms with Crippen LogP contribution in [0, 0.1) is 0 Å². The minimum Gasteiger partial charge on any atom is -0.478 e. The van der Waals surface area contributed by atoms with Crippen molar-refractivity contribution in [1.29, 1.82) is 0 Å². The largest absolute Gasteiger partial charge is 0.478 e. The first kappa shape index (κ1) is 11.1. The molecule has 0 fully saturated rings. The van der Waals surface area contributed by atoms with E-state index >= 15 is 0 Å². The maximum absolute atomic E-state index is 11.3. The summed E-state index contributed by atoms with van der Waals surface area (Å²) in [5, 5.41) is 13.2. The molecule has 0 radical (unpaired) electrons. The Hall–Kier alpha value is -2.06. The smallest absolute Gasteiger partial charge is 0.336 e. The molecule has 3 rings (SSSR count). The highest BCUT2D eigenvalue weighted by molar-refractivity contribution is 6.38. The van der Waals surface area contributed by atoms with Crippen molar-refractivity contribution in [2.24, 2.45) is 0 Å². The minimum atomic E-state index is -0.937. The number of hydrogen-bond donors (Lipinski definition) is 1. The van der Waals surface area contributed by atoms with Gasteiger partial charge in [-0.2, -0.15) is 0 Å². The number of hydrogen-bond acceptors (Lipinski definition) is 1. The van der Waals surface area contributed by atoms with Gasteiger partial charge in [0, 0.05) is 10.4 Å². The minimum absolute atomic E-state index is 0.284. The fraction of sp³-hybridized carbons (Fsp3) is 0. The van der Waals surface area contributed by atoms with Gasteiger partial charge in [-0.05, 0) is 28.3 Å². The first-order valence-electron chi connectivity index (χ1n) is 5.52. The van der Waals surface area contributed by atoms with Crippen LogP contribution in [0.25, 0.3) is 21.5 Å². The van der Waals surface area contributed by atoms with E-state index in [4.69, 9.17) is 11.6 Å². The highest BCUT2D eigenvalue weighted by Crippen LogP contribution is 2.33. The molecule has 0 saturated carbocycles. The second kappa shape index (κ2) is 4.00. The molecule has 0 spiro atoms. The molecule has 0 aliphatic rings. The third-order valence-electron chi connectivity index (χ3n) is 3.06. The zero-order chi connectivity index (χ0) is 12.7. The number of carboxylic acid groups (broad SMARTS) is 1. The van der Waals surface area contributed by atoms with Crippen LogP contribution in [-0.2, 0) is 0 Å². The van der Waals surface area contributed by atoms with Gasteiger partial charge in [0.05, 0.1) is 5.56 Å². The fourth-order valence-corrected chi connectivity index (χ4v) is 2.56. The molecule has 0 aromatic heterocycles. The first-order chi connectivity index (χ1) is 8.68. The van der Waals surface area contributed by atoms with E-state index in [-0.39, 0.29) is 5.56 Å². The standard InChI is InChI=1S/C15H9ClO2/c16-13-7-3-6-11-12(15(17)18)8-9-4-1-2-5-10(9)14(11)13/h1-8H,(H,17,18). The third-order valence-corrected chi connectivity index (χ3v) is 3.38. The lowest BCUT2D eigenvalue weighted by Gasteiger charge is -2.08. The van der Waals surface area contributed by atoms with Gasteiger partial charge in [0.2, 0.25) is 0 Å². The van der Waals surface area contributed by atoms with Gasteiger partial charge in [0.15, 0.2) is 0 Å². The zero-order valence-electron chi connectivity index (χ0n) is 9.35. The SMILES string of the molecule is O=C(O)c1cc2ccccc2c2c(Cl)cccc12. The number of aromatic carboxylic acids is 1. The van der Waals surface area contributed by atoms with Crippen LogP contribution in [0.2, 0.25) is 5.02 Å². The Morgan fingerprint density at radius 3 is 2.50 bits per heavy atom. The summed E-state index contributed by atoms with van der Waals surface area (Å²) in [5.41, 5.74) is 0.284. The van der Waals surface area contributed by atoms with E-state index in [1.54, 1.807) is 24.3 Å². The number of carboxylic acids is 1. The van der Waals surface area contributed by atoms with Gasteiger partial charge >= 0.3 is 5.97 Å². The van der Waals surface area contributed by atoms with Gasteiger partial charge in [0.1, 0.15) is 0 Å². The topological polar surface area (TPSA) is 37.3 Å². The lowest BCUT2D eigenvalue weighted by atomic mass is 9.97. The van der Waals surface area contributed by atoms with Crippen LogP contribution in [-0.4, -0.2) is 11.1 Å². The maximum Gasteiger partial charge on any atom is 0.336 e. The molecule has 0 heterocycles. The molecule has 0 unspecified atom stereocenters. The Labute approximate surface area is 108 Å². The molecule has 88 valence electrons. The van der Waals surface area contributed by atoms with Crippen LogP contribution in [0.4, 0.5) is 0 Å². The summed E-state index contributed by atoms with van der Waals surface area (Å²) in [7, 11) is 0. The van der Waals surface area contributed by atoms with E-state index in [1.165, 1.54) is 0 Å². The van der Waals surface area contributed by atoms with Crippen LogP contribution >= 0.6 is 11.6 Å². The van der Waals surface area contributed by atoms with E-state index in [0.29, 0.717) is 10.4 Å². The van der Waals surface area contributed by atoms with Crippen LogP contribution in [0.1, 0.15) is 10.4 Å². The molecular weight excluding hydrogens is 248 g/mol. The zero-order valence-corrected chi connectivity index (χ0v) is 10.1. The van der Waals surface area contributed by atoms with Gasteiger partial charge in [-0.25, -0.2) is 4.79 Å². The Balaban J connectivity index is 2.64. The van der Waals surface area contributed by atoms with Crippen molar-refractivity contribution < 1.29 is 9.90 Å². The van der Waals surface area contributed by atoms with Crippen molar-refractivity contribution in [2.45, 2.75) is 0 Å². The van der Waals surface area contributed by atoms with Crippen LogP contribution in [0.15, 0.2) is 48.5 Å². The van der Waals surface area contributed by atoms with Gasteiger partial charge in [0.25, 0.3) is 0 Å². The fourth-order valence-electron chi connectivity index (χ4n) is 2.28. The molecule has 0 bridgehead atoms. The predicted octanol–water partition coefficient (Wildman–Crippen LogP) is 4.34. The average molecular weight is 257 g/mol. The Kier molecular flexibility index (Phi) is 2.46. The summed E-state index contributed by atoms with van der Waals surface area (Å²) in [6.07, 6.45) is 0. The summed E-state index contributed by atoms with van der Waals surface area (Å²) in [4.78, 5) is 11.3. The quantitative estimate of drug-likeness (QED) is 0.658. The molecule has 0 aliphatic heterocycles. The maximum atomic E-state index is 11.3. The Morgan fingerprint density at radius 2 is 1.72 bits per heavy atom. The summed E-state index contributed by atoms with van der Waals surface area (Å²) in [6.45, 7) is 0. The Morgan fingerprint density at radius 1 is 1.00 bits per heavy atom. The van der Waals surface area contributed by atoms with Crippen molar-refractivity contribution >= 4 is 39.1 Å². The molecular formula is C15H9ClO2. The predicted molar refractivity (Wildman–Crippen MR) is 73.4 cm³/mol. The number of halogens is 1. The lowest BCUT2D eigenvalue weighted by molar-refractivity contribution is 0.0699. The van der Waals surface area contributed by atoms with Crippen molar-refractivity contribution in [3.05, 3.63) is 59.1 Å². The highest BCUT2D eigenvalue weighted by Gasteiger charge is 2.13. The lowest BCUT2D eigenvalue weighted by Crippen LogP contribution is -1.98. The molecule has 3 heteroatoms. The van der Waals surface area contributed by atoms with Gasteiger partial charge in [-0.1, -0.05) is 48.0 Å². The molecule has 0 amide bonds. The van der Waals surface area contributed by atoms with Gasteiger partial charge in [-0.3, -0.25) is 0 Å². The summed E-state index contributed by atoms with van der Waals surface area (Å²) < 4.78 is 0. The van der Waals surface area contributed by atoms with E-state index in [1.807, 2.05) is 24.3 Å². The average Bonchev–Trinajstić information content (AvgIpc) is 2.37. The third kappa shape index (κ3) is 1.54. The van der Waals surface area contributed by atoms with E-state index in [0.717, 1.165) is 16.2 Å². The second-order valence-electron chi connectivity index (χ2n) is 4.11. The summed E-state index contributed by atoms with van der Waals surface area (Å²) >= 11 is 6.22. The molecule has 1 N–H and O–H groups in total. The number of rotatable bonds is 1. The summed E-state index contributed by atoms with van der Waals surface area (Å²) in [5.74, 6) is -0.937. The molecule has 18 heavy (non-hydrogen) atoms. The molecule has 0 atom stereocenters. The van der Waals surface area contributed by atoms with Crippen LogP contribution in [0.3, 0.4) is 0 Å². The number of fused-ring (bicyclic) bond motifs is 3. The molecule has 0 saturated heterocycles. The summed E-state index contributed by atoms with van der Waals surface area (Å²) in [6, 6.07) is 14.7. The van der Waals surface area contributed by atoms with Crippen LogP contribution < -0.4 is 0 Å². The van der Waals surface area contributed by atoms with Crippen molar-refractivity contribution in [2.75, 3.05) is 0 Å². The van der Waals surface area contributed by atoms with E-state index < -0.39 is 5.97 Å². The van der Waals surface area contributed by atoms with Gasteiger partial charge < -0.3 is 5.11 Å². The van der Waals surface area contributed by atoms with Crippen LogP contribution in [0.5, 0.6) is 0 Å². The van der Waals surface area contributed by atoms with Crippen molar-refractivity contribution in [3.8, 4) is 0 Å². The molecule has 2 nitrogen and oxygen atoms in total. The normalized spacial score (nSPS) is 10.9. The molecule has 3 aromatic carbocycles. The molecule has 0 aliphatic carbocycles.